The van der Waals surface area contributed by atoms with Crippen molar-refractivity contribution in [1.29, 1.82) is 0 Å². The SMILES string of the molecule is c1ccc2c(c1)sc1cc3ncoc3cc12. The van der Waals surface area contributed by atoms with Gasteiger partial charge in [0.2, 0.25) is 0 Å². The van der Waals surface area contributed by atoms with Crippen LogP contribution in [0.25, 0.3) is 31.3 Å². The topological polar surface area (TPSA) is 26.0 Å². The lowest BCUT2D eigenvalue weighted by atomic mass is 10.1. The van der Waals surface area contributed by atoms with E-state index in [9.17, 15) is 0 Å². The number of nitrogens with zero attached hydrogens (tertiary/aromatic N) is 1. The van der Waals surface area contributed by atoms with E-state index in [0.29, 0.717) is 0 Å². The third kappa shape index (κ3) is 0.981. The van der Waals surface area contributed by atoms with E-state index < -0.39 is 0 Å². The van der Waals surface area contributed by atoms with Crippen molar-refractivity contribution in [3.8, 4) is 0 Å². The molecule has 2 aromatic carbocycles. The van der Waals surface area contributed by atoms with Crippen molar-refractivity contribution in [2.75, 3.05) is 0 Å². The van der Waals surface area contributed by atoms with E-state index in [1.165, 1.54) is 26.6 Å². The van der Waals surface area contributed by atoms with E-state index in [0.717, 1.165) is 11.1 Å². The third-order valence-electron chi connectivity index (χ3n) is 2.83. The zero-order valence-electron chi connectivity index (χ0n) is 8.31. The van der Waals surface area contributed by atoms with Gasteiger partial charge < -0.3 is 4.42 Å². The van der Waals surface area contributed by atoms with E-state index in [4.69, 9.17) is 4.42 Å². The lowest BCUT2D eigenvalue weighted by Crippen LogP contribution is -1.68. The van der Waals surface area contributed by atoms with Crippen molar-refractivity contribution in [2.24, 2.45) is 0 Å². The number of thiophene rings is 1. The van der Waals surface area contributed by atoms with E-state index >= 15 is 0 Å². The van der Waals surface area contributed by atoms with Crippen LogP contribution in [0, 0.1) is 0 Å². The Morgan fingerprint density at radius 3 is 2.94 bits per heavy atom. The van der Waals surface area contributed by atoms with Crippen molar-refractivity contribution in [3.05, 3.63) is 42.8 Å². The van der Waals surface area contributed by atoms with Crippen molar-refractivity contribution in [2.45, 2.75) is 0 Å². The molecule has 0 aliphatic carbocycles. The molecule has 4 aromatic rings. The average molecular weight is 225 g/mol. The van der Waals surface area contributed by atoms with Crippen molar-refractivity contribution < 1.29 is 4.42 Å². The second-order valence-corrected chi connectivity index (χ2v) is 4.85. The summed E-state index contributed by atoms with van der Waals surface area (Å²) in [6.45, 7) is 0. The average Bonchev–Trinajstić information content (AvgIpc) is 2.88. The van der Waals surface area contributed by atoms with Gasteiger partial charge in [0.15, 0.2) is 12.0 Å². The van der Waals surface area contributed by atoms with Gasteiger partial charge in [-0.15, -0.1) is 11.3 Å². The summed E-state index contributed by atoms with van der Waals surface area (Å²) in [6, 6.07) is 12.6. The molecule has 0 bridgehead atoms. The largest absolute Gasteiger partial charge is 0.443 e. The normalized spacial score (nSPS) is 11.8. The third-order valence-corrected chi connectivity index (χ3v) is 3.96. The van der Waals surface area contributed by atoms with E-state index in [1.807, 2.05) is 0 Å². The van der Waals surface area contributed by atoms with Gasteiger partial charge in [-0.2, -0.15) is 0 Å². The number of aromatic nitrogens is 1. The van der Waals surface area contributed by atoms with Gasteiger partial charge in [0.25, 0.3) is 0 Å². The van der Waals surface area contributed by atoms with Gasteiger partial charge >= 0.3 is 0 Å². The fourth-order valence-electron chi connectivity index (χ4n) is 2.08. The fourth-order valence-corrected chi connectivity index (χ4v) is 3.20. The van der Waals surface area contributed by atoms with Gasteiger partial charge in [0.1, 0.15) is 5.52 Å². The number of hydrogen-bond donors (Lipinski definition) is 0. The first kappa shape index (κ1) is 8.30. The first-order valence-electron chi connectivity index (χ1n) is 5.06. The van der Waals surface area contributed by atoms with Crippen LogP contribution in [-0.2, 0) is 0 Å². The summed E-state index contributed by atoms with van der Waals surface area (Å²) in [6.07, 6.45) is 1.50. The minimum atomic E-state index is 0.857. The van der Waals surface area contributed by atoms with Gasteiger partial charge in [-0.3, -0.25) is 0 Å². The molecule has 0 atom stereocenters. The van der Waals surface area contributed by atoms with Crippen LogP contribution in [-0.4, -0.2) is 4.98 Å². The molecule has 16 heavy (non-hydrogen) atoms. The highest BCUT2D eigenvalue weighted by atomic mass is 32.1. The monoisotopic (exact) mass is 225 g/mol. The Morgan fingerprint density at radius 1 is 1.00 bits per heavy atom. The predicted molar refractivity (Wildman–Crippen MR) is 66.9 cm³/mol. The number of rotatable bonds is 0. The van der Waals surface area contributed by atoms with E-state index in [-0.39, 0.29) is 0 Å². The molecule has 0 N–H and O–H groups in total. The Bertz CT molecular complexity index is 812. The molecule has 76 valence electrons. The minimum Gasteiger partial charge on any atom is -0.443 e. The van der Waals surface area contributed by atoms with Crippen molar-refractivity contribution in [3.63, 3.8) is 0 Å². The molecule has 4 rings (SSSR count). The summed E-state index contributed by atoms with van der Waals surface area (Å²) in [4.78, 5) is 4.18. The predicted octanol–water partition coefficient (Wildman–Crippen LogP) is 4.20. The fraction of sp³-hybridized carbons (Fsp3) is 0. The first-order valence-corrected chi connectivity index (χ1v) is 5.88. The quantitative estimate of drug-likeness (QED) is 0.448. The standard InChI is InChI=1S/C13H7NOS/c1-2-4-12-8(3-1)9-5-11-10(14-7-15-11)6-13(9)16-12/h1-7H. The molecular weight excluding hydrogens is 218 g/mol. The van der Waals surface area contributed by atoms with Crippen LogP contribution in [0.2, 0.25) is 0 Å². The molecule has 3 heteroatoms. The van der Waals surface area contributed by atoms with E-state index in [2.05, 4.69) is 41.4 Å². The highest BCUT2D eigenvalue weighted by Crippen LogP contribution is 2.35. The summed E-state index contributed by atoms with van der Waals surface area (Å²) in [7, 11) is 0. The summed E-state index contributed by atoms with van der Waals surface area (Å²) >= 11 is 1.80. The molecule has 0 spiro atoms. The Kier molecular flexibility index (Phi) is 1.47. The van der Waals surface area contributed by atoms with Crippen LogP contribution in [0.3, 0.4) is 0 Å². The second-order valence-electron chi connectivity index (χ2n) is 3.77. The smallest absolute Gasteiger partial charge is 0.181 e. The maximum Gasteiger partial charge on any atom is 0.181 e. The zero-order chi connectivity index (χ0) is 10.5. The summed E-state index contributed by atoms with van der Waals surface area (Å²) in [5.41, 5.74) is 1.79. The van der Waals surface area contributed by atoms with Crippen LogP contribution in [0.15, 0.2) is 47.2 Å². The molecule has 0 saturated carbocycles. The highest BCUT2D eigenvalue weighted by molar-refractivity contribution is 7.25. The van der Waals surface area contributed by atoms with Gasteiger partial charge in [-0.25, -0.2) is 4.98 Å². The molecule has 0 aliphatic rings. The van der Waals surface area contributed by atoms with Gasteiger partial charge in [0.05, 0.1) is 0 Å². The van der Waals surface area contributed by atoms with Gasteiger partial charge in [0, 0.05) is 20.2 Å². The summed E-state index contributed by atoms with van der Waals surface area (Å²) in [5, 5.41) is 2.55. The molecule has 2 aromatic heterocycles. The van der Waals surface area contributed by atoms with Crippen LogP contribution in [0.5, 0.6) is 0 Å². The lowest BCUT2D eigenvalue weighted by molar-refractivity contribution is 0.602. The van der Waals surface area contributed by atoms with Gasteiger partial charge in [-0.1, -0.05) is 18.2 Å². The molecule has 0 fully saturated rings. The van der Waals surface area contributed by atoms with Crippen molar-refractivity contribution in [1.82, 2.24) is 4.98 Å². The lowest BCUT2D eigenvalue weighted by Gasteiger charge is -1.90. The molecular formula is C13H7NOS. The van der Waals surface area contributed by atoms with Crippen molar-refractivity contribution >= 4 is 42.6 Å². The molecule has 0 radical (unpaired) electrons. The highest BCUT2D eigenvalue weighted by Gasteiger charge is 2.07. The maximum atomic E-state index is 5.34. The number of oxazole rings is 1. The Labute approximate surface area is 95.1 Å². The first-order chi connectivity index (χ1) is 7.92. The molecule has 2 nitrogen and oxygen atoms in total. The number of hydrogen-bond acceptors (Lipinski definition) is 3. The Hall–Kier alpha value is -1.87. The molecule has 0 saturated heterocycles. The molecule has 0 aliphatic heterocycles. The number of benzene rings is 2. The van der Waals surface area contributed by atoms with Crippen LogP contribution in [0.1, 0.15) is 0 Å². The summed E-state index contributed by atoms with van der Waals surface area (Å²) < 4.78 is 7.91. The van der Waals surface area contributed by atoms with E-state index in [1.54, 1.807) is 11.3 Å². The molecule has 2 heterocycles. The van der Waals surface area contributed by atoms with Crippen LogP contribution < -0.4 is 0 Å². The minimum absolute atomic E-state index is 0.857. The summed E-state index contributed by atoms with van der Waals surface area (Å²) in [5.74, 6) is 0. The second kappa shape index (κ2) is 2.83. The van der Waals surface area contributed by atoms with Gasteiger partial charge in [-0.05, 0) is 18.2 Å². The number of fused-ring (bicyclic) bond motifs is 4. The zero-order valence-corrected chi connectivity index (χ0v) is 9.12. The molecule has 0 amide bonds. The van der Waals surface area contributed by atoms with Crippen LogP contribution in [0.4, 0.5) is 0 Å². The Balaban J connectivity index is 2.32. The molecule has 0 unspecified atom stereocenters. The van der Waals surface area contributed by atoms with Crippen LogP contribution >= 0.6 is 11.3 Å². The Morgan fingerprint density at radius 2 is 1.94 bits per heavy atom. The maximum absolute atomic E-state index is 5.34.